The van der Waals surface area contributed by atoms with Crippen molar-refractivity contribution in [1.29, 1.82) is 0 Å². The SMILES string of the molecule is NCC(CCc1nccs1)c1ccccc1. The van der Waals surface area contributed by atoms with Gasteiger partial charge in [-0.1, -0.05) is 30.3 Å². The summed E-state index contributed by atoms with van der Waals surface area (Å²) >= 11 is 1.72. The van der Waals surface area contributed by atoms with E-state index in [2.05, 4.69) is 29.2 Å². The molecular weight excluding hydrogens is 216 g/mol. The summed E-state index contributed by atoms with van der Waals surface area (Å²) < 4.78 is 0. The van der Waals surface area contributed by atoms with Crippen LogP contribution in [0, 0.1) is 0 Å². The van der Waals surface area contributed by atoms with Crippen LogP contribution in [0.15, 0.2) is 41.9 Å². The predicted molar refractivity (Wildman–Crippen MR) is 68.7 cm³/mol. The summed E-state index contributed by atoms with van der Waals surface area (Å²) in [7, 11) is 0. The summed E-state index contributed by atoms with van der Waals surface area (Å²) in [5.41, 5.74) is 7.16. The summed E-state index contributed by atoms with van der Waals surface area (Å²) in [4.78, 5) is 4.29. The molecule has 0 fully saturated rings. The highest BCUT2D eigenvalue weighted by Crippen LogP contribution is 2.21. The standard InChI is InChI=1S/C13H16N2S/c14-10-12(11-4-2-1-3-5-11)6-7-13-15-8-9-16-13/h1-5,8-9,12H,6-7,10,14H2. The van der Waals surface area contributed by atoms with E-state index in [9.17, 15) is 0 Å². The topological polar surface area (TPSA) is 38.9 Å². The van der Waals surface area contributed by atoms with E-state index < -0.39 is 0 Å². The van der Waals surface area contributed by atoms with Crippen LogP contribution in [-0.2, 0) is 6.42 Å². The first-order chi connectivity index (χ1) is 7.90. The smallest absolute Gasteiger partial charge is 0.0925 e. The quantitative estimate of drug-likeness (QED) is 0.861. The molecule has 1 aromatic heterocycles. The number of benzene rings is 1. The van der Waals surface area contributed by atoms with Gasteiger partial charge in [-0.3, -0.25) is 0 Å². The number of aryl methyl sites for hydroxylation is 1. The summed E-state index contributed by atoms with van der Waals surface area (Å²) in [5.74, 6) is 0.449. The Kier molecular flexibility index (Phi) is 4.08. The van der Waals surface area contributed by atoms with Crippen molar-refractivity contribution in [1.82, 2.24) is 4.98 Å². The lowest BCUT2D eigenvalue weighted by Gasteiger charge is -2.14. The van der Waals surface area contributed by atoms with Crippen LogP contribution in [0.5, 0.6) is 0 Å². The molecule has 1 aromatic carbocycles. The molecule has 0 saturated carbocycles. The van der Waals surface area contributed by atoms with Gasteiger partial charge in [-0.15, -0.1) is 11.3 Å². The average Bonchev–Trinajstić information content (AvgIpc) is 2.84. The lowest BCUT2D eigenvalue weighted by Crippen LogP contribution is -2.13. The van der Waals surface area contributed by atoms with E-state index >= 15 is 0 Å². The van der Waals surface area contributed by atoms with Crippen molar-refractivity contribution in [3.8, 4) is 0 Å². The van der Waals surface area contributed by atoms with E-state index in [1.165, 1.54) is 10.6 Å². The van der Waals surface area contributed by atoms with Gasteiger partial charge in [0.2, 0.25) is 0 Å². The highest BCUT2D eigenvalue weighted by Gasteiger charge is 2.09. The van der Waals surface area contributed by atoms with E-state index in [1.54, 1.807) is 11.3 Å². The van der Waals surface area contributed by atoms with Crippen LogP contribution in [0.2, 0.25) is 0 Å². The van der Waals surface area contributed by atoms with Gasteiger partial charge in [-0.2, -0.15) is 0 Å². The Morgan fingerprint density at radius 3 is 2.69 bits per heavy atom. The molecule has 2 nitrogen and oxygen atoms in total. The molecule has 0 bridgehead atoms. The number of aromatic nitrogens is 1. The normalized spacial score (nSPS) is 12.6. The first-order valence-corrected chi connectivity index (χ1v) is 6.41. The first-order valence-electron chi connectivity index (χ1n) is 5.53. The Bertz CT molecular complexity index is 397. The molecule has 0 radical (unpaired) electrons. The van der Waals surface area contributed by atoms with Gasteiger partial charge >= 0.3 is 0 Å². The number of nitrogens with two attached hydrogens (primary N) is 1. The molecule has 0 aliphatic heterocycles. The average molecular weight is 232 g/mol. The highest BCUT2D eigenvalue weighted by molar-refractivity contribution is 7.09. The van der Waals surface area contributed by atoms with Gasteiger partial charge in [0, 0.05) is 11.6 Å². The Morgan fingerprint density at radius 1 is 1.25 bits per heavy atom. The third-order valence-electron chi connectivity index (χ3n) is 2.75. The molecule has 1 heterocycles. The van der Waals surface area contributed by atoms with Crippen LogP contribution < -0.4 is 5.73 Å². The maximum atomic E-state index is 5.83. The number of rotatable bonds is 5. The van der Waals surface area contributed by atoms with Crippen molar-refractivity contribution in [3.63, 3.8) is 0 Å². The van der Waals surface area contributed by atoms with Crippen LogP contribution in [0.3, 0.4) is 0 Å². The van der Waals surface area contributed by atoms with E-state index in [1.807, 2.05) is 17.6 Å². The van der Waals surface area contributed by atoms with Gasteiger partial charge in [0.25, 0.3) is 0 Å². The zero-order valence-corrected chi connectivity index (χ0v) is 9.99. The minimum absolute atomic E-state index is 0.449. The fourth-order valence-corrected chi connectivity index (χ4v) is 2.46. The third kappa shape index (κ3) is 2.90. The molecule has 3 heteroatoms. The largest absolute Gasteiger partial charge is 0.330 e. The molecule has 0 amide bonds. The summed E-state index contributed by atoms with van der Waals surface area (Å²) in [6, 6.07) is 10.5. The zero-order chi connectivity index (χ0) is 11.2. The van der Waals surface area contributed by atoms with Gasteiger partial charge in [0.05, 0.1) is 5.01 Å². The van der Waals surface area contributed by atoms with E-state index in [4.69, 9.17) is 5.73 Å². The number of hydrogen-bond donors (Lipinski definition) is 1. The van der Waals surface area contributed by atoms with Crippen LogP contribution in [0.25, 0.3) is 0 Å². The Hall–Kier alpha value is -1.19. The minimum atomic E-state index is 0.449. The van der Waals surface area contributed by atoms with E-state index in [0.29, 0.717) is 12.5 Å². The highest BCUT2D eigenvalue weighted by atomic mass is 32.1. The van der Waals surface area contributed by atoms with Crippen molar-refractivity contribution in [2.24, 2.45) is 5.73 Å². The molecule has 2 rings (SSSR count). The minimum Gasteiger partial charge on any atom is -0.330 e. The molecular formula is C13H16N2S. The molecule has 0 aliphatic carbocycles. The Morgan fingerprint density at radius 2 is 2.06 bits per heavy atom. The molecule has 2 aromatic rings. The van der Waals surface area contributed by atoms with Gasteiger partial charge in [-0.05, 0) is 30.9 Å². The van der Waals surface area contributed by atoms with Crippen molar-refractivity contribution in [2.45, 2.75) is 18.8 Å². The Balaban J connectivity index is 1.96. The molecule has 0 spiro atoms. The second-order valence-corrected chi connectivity index (χ2v) is 4.79. The van der Waals surface area contributed by atoms with Crippen molar-refractivity contribution >= 4 is 11.3 Å². The van der Waals surface area contributed by atoms with Crippen molar-refractivity contribution < 1.29 is 0 Å². The van der Waals surface area contributed by atoms with Crippen molar-refractivity contribution in [3.05, 3.63) is 52.5 Å². The van der Waals surface area contributed by atoms with Gasteiger partial charge in [0.1, 0.15) is 0 Å². The van der Waals surface area contributed by atoms with E-state index in [-0.39, 0.29) is 0 Å². The van der Waals surface area contributed by atoms with Gasteiger partial charge in [-0.25, -0.2) is 4.98 Å². The molecule has 0 saturated heterocycles. The maximum absolute atomic E-state index is 5.83. The monoisotopic (exact) mass is 232 g/mol. The Labute approximate surface area is 100 Å². The number of hydrogen-bond acceptors (Lipinski definition) is 3. The van der Waals surface area contributed by atoms with Crippen LogP contribution in [0.4, 0.5) is 0 Å². The number of thiazole rings is 1. The lowest BCUT2D eigenvalue weighted by molar-refractivity contribution is 0.632. The summed E-state index contributed by atoms with van der Waals surface area (Å²) in [6.45, 7) is 0.704. The predicted octanol–water partition coefficient (Wildman–Crippen LogP) is 2.82. The molecule has 0 aliphatic rings. The summed E-state index contributed by atoms with van der Waals surface area (Å²) in [5, 5.41) is 3.23. The molecule has 1 atom stereocenters. The fourth-order valence-electron chi connectivity index (χ4n) is 1.82. The fraction of sp³-hybridized carbons (Fsp3) is 0.308. The second-order valence-electron chi connectivity index (χ2n) is 3.81. The molecule has 84 valence electrons. The number of nitrogens with zero attached hydrogens (tertiary/aromatic N) is 1. The van der Waals surface area contributed by atoms with Crippen LogP contribution in [-0.4, -0.2) is 11.5 Å². The second kappa shape index (κ2) is 5.77. The van der Waals surface area contributed by atoms with Gasteiger partial charge in [0.15, 0.2) is 0 Å². The van der Waals surface area contributed by atoms with Crippen LogP contribution >= 0.6 is 11.3 Å². The van der Waals surface area contributed by atoms with E-state index in [0.717, 1.165) is 12.8 Å². The third-order valence-corrected chi connectivity index (χ3v) is 3.59. The lowest BCUT2D eigenvalue weighted by atomic mass is 9.94. The zero-order valence-electron chi connectivity index (χ0n) is 9.17. The maximum Gasteiger partial charge on any atom is 0.0925 e. The van der Waals surface area contributed by atoms with Crippen molar-refractivity contribution in [2.75, 3.05) is 6.54 Å². The van der Waals surface area contributed by atoms with Crippen LogP contribution in [0.1, 0.15) is 22.9 Å². The molecule has 16 heavy (non-hydrogen) atoms. The van der Waals surface area contributed by atoms with Gasteiger partial charge < -0.3 is 5.73 Å². The molecule has 2 N–H and O–H groups in total. The summed E-state index contributed by atoms with van der Waals surface area (Å²) in [6.07, 6.45) is 3.96. The molecule has 1 unspecified atom stereocenters. The first kappa shape index (κ1) is 11.3.